The maximum Gasteiger partial charge on any atom is 0.130 e. The lowest BCUT2D eigenvalue weighted by atomic mass is 9.83. The summed E-state index contributed by atoms with van der Waals surface area (Å²) in [5.41, 5.74) is 0.284. The van der Waals surface area contributed by atoms with Crippen molar-refractivity contribution < 1.29 is 8.78 Å². The molecule has 4 heteroatoms. The molecule has 0 saturated heterocycles. The first-order chi connectivity index (χ1) is 9.36. The first-order valence-electron chi connectivity index (χ1n) is 7.22. The molecule has 0 aromatic heterocycles. The Hall–Kier alpha value is -1.00. The van der Waals surface area contributed by atoms with Gasteiger partial charge >= 0.3 is 0 Å². The number of halogens is 2. The highest BCUT2D eigenvalue weighted by Gasteiger charge is 2.36. The lowest BCUT2D eigenvalue weighted by molar-refractivity contribution is 0.111. The van der Waals surface area contributed by atoms with E-state index in [-0.39, 0.29) is 11.6 Å². The molecule has 20 heavy (non-hydrogen) atoms. The van der Waals surface area contributed by atoms with Gasteiger partial charge in [0, 0.05) is 17.2 Å². The number of benzene rings is 1. The van der Waals surface area contributed by atoms with Crippen LogP contribution in [0.2, 0.25) is 0 Å². The second kappa shape index (κ2) is 7.14. The monoisotopic (exact) mass is 284 g/mol. The summed E-state index contributed by atoms with van der Waals surface area (Å²) >= 11 is 0. The molecule has 0 radical (unpaired) electrons. The van der Waals surface area contributed by atoms with E-state index in [1.807, 2.05) is 14.1 Å². The molecule has 2 nitrogen and oxygen atoms in total. The van der Waals surface area contributed by atoms with Crippen LogP contribution in [0.25, 0.3) is 0 Å². The van der Waals surface area contributed by atoms with Gasteiger partial charge in [0.25, 0.3) is 0 Å². The van der Waals surface area contributed by atoms with Gasteiger partial charge in [0.1, 0.15) is 11.6 Å². The second-order valence-electron chi connectivity index (χ2n) is 5.66. The minimum Gasteiger partial charge on any atom is -0.308 e. The molecule has 2 atom stereocenters. The van der Waals surface area contributed by atoms with Gasteiger partial charge in [-0.05, 0) is 46.5 Å². The first kappa shape index (κ1) is 17.1. The van der Waals surface area contributed by atoms with Gasteiger partial charge in [0.2, 0.25) is 0 Å². The van der Waals surface area contributed by atoms with E-state index < -0.39 is 11.6 Å². The molecular weight excluding hydrogens is 258 g/mol. The summed E-state index contributed by atoms with van der Waals surface area (Å²) in [6, 6.07) is 3.66. The average molecular weight is 284 g/mol. The SMILES string of the molecule is CCCNC(c1ccc(F)cc1F)C(C)(CC)N(C)C. The Kier molecular flexibility index (Phi) is 6.08. The molecule has 0 aliphatic carbocycles. The molecule has 1 rings (SSSR count). The summed E-state index contributed by atoms with van der Waals surface area (Å²) in [5.74, 6) is -1.02. The first-order valence-corrected chi connectivity index (χ1v) is 7.22. The molecular formula is C16H26F2N2. The largest absolute Gasteiger partial charge is 0.308 e. The molecule has 0 amide bonds. The Morgan fingerprint density at radius 1 is 1.25 bits per heavy atom. The Morgan fingerprint density at radius 3 is 2.35 bits per heavy atom. The average Bonchev–Trinajstić information content (AvgIpc) is 2.40. The van der Waals surface area contributed by atoms with Crippen molar-refractivity contribution in [1.82, 2.24) is 10.2 Å². The fraction of sp³-hybridized carbons (Fsp3) is 0.625. The van der Waals surface area contributed by atoms with Gasteiger partial charge in [0.15, 0.2) is 0 Å². The third-order valence-corrected chi connectivity index (χ3v) is 4.23. The normalized spacial score (nSPS) is 16.2. The van der Waals surface area contributed by atoms with E-state index in [1.54, 1.807) is 6.07 Å². The van der Waals surface area contributed by atoms with Crippen molar-refractivity contribution in [2.24, 2.45) is 0 Å². The van der Waals surface area contributed by atoms with Crippen LogP contribution in [-0.4, -0.2) is 31.1 Å². The fourth-order valence-electron chi connectivity index (χ4n) is 2.47. The van der Waals surface area contributed by atoms with E-state index in [0.29, 0.717) is 5.56 Å². The molecule has 0 bridgehead atoms. The molecule has 0 heterocycles. The molecule has 2 unspecified atom stereocenters. The Balaban J connectivity index is 3.23. The standard InChI is InChI=1S/C16H26F2N2/c1-6-10-19-15(16(3,7-2)20(4)5)13-9-8-12(17)11-14(13)18/h8-9,11,15,19H,6-7,10H2,1-5H3. The van der Waals surface area contributed by atoms with Gasteiger partial charge in [-0.3, -0.25) is 0 Å². The Labute approximate surface area is 121 Å². The zero-order valence-electron chi connectivity index (χ0n) is 13.1. The third kappa shape index (κ3) is 3.55. The molecule has 1 N–H and O–H groups in total. The summed E-state index contributed by atoms with van der Waals surface area (Å²) in [4.78, 5) is 2.10. The summed E-state index contributed by atoms with van der Waals surface area (Å²) in [7, 11) is 3.98. The maximum absolute atomic E-state index is 14.2. The van der Waals surface area contributed by atoms with E-state index >= 15 is 0 Å². The lowest BCUT2D eigenvalue weighted by Gasteiger charge is -2.43. The van der Waals surface area contributed by atoms with Crippen LogP contribution >= 0.6 is 0 Å². The topological polar surface area (TPSA) is 15.3 Å². The van der Waals surface area contributed by atoms with E-state index in [0.717, 1.165) is 25.5 Å². The van der Waals surface area contributed by atoms with Crippen molar-refractivity contribution in [2.75, 3.05) is 20.6 Å². The van der Waals surface area contributed by atoms with E-state index in [2.05, 4.69) is 31.0 Å². The number of likely N-dealkylation sites (N-methyl/N-ethyl adjacent to an activating group) is 1. The van der Waals surface area contributed by atoms with Crippen molar-refractivity contribution in [2.45, 2.75) is 45.2 Å². The fourth-order valence-corrected chi connectivity index (χ4v) is 2.47. The van der Waals surface area contributed by atoms with Gasteiger partial charge in [-0.2, -0.15) is 0 Å². The molecule has 0 fully saturated rings. The van der Waals surface area contributed by atoms with Crippen LogP contribution < -0.4 is 5.32 Å². The number of nitrogens with one attached hydrogen (secondary N) is 1. The highest BCUT2D eigenvalue weighted by molar-refractivity contribution is 5.25. The van der Waals surface area contributed by atoms with Crippen LogP contribution in [0.5, 0.6) is 0 Å². The van der Waals surface area contributed by atoms with Gasteiger partial charge in [-0.25, -0.2) is 8.78 Å². The quantitative estimate of drug-likeness (QED) is 0.820. The molecule has 0 spiro atoms. The highest BCUT2D eigenvalue weighted by atomic mass is 19.1. The van der Waals surface area contributed by atoms with Crippen LogP contribution in [0, 0.1) is 11.6 Å². The van der Waals surface area contributed by atoms with Gasteiger partial charge in [-0.1, -0.05) is 19.9 Å². The smallest absolute Gasteiger partial charge is 0.130 e. The molecule has 114 valence electrons. The third-order valence-electron chi connectivity index (χ3n) is 4.23. The van der Waals surface area contributed by atoms with Crippen LogP contribution in [0.15, 0.2) is 18.2 Å². The zero-order chi connectivity index (χ0) is 15.3. The molecule has 0 saturated carbocycles. The molecule has 1 aromatic carbocycles. The molecule has 1 aromatic rings. The summed E-state index contributed by atoms with van der Waals surface area (Å²) in [6.45, 7) is 7.06. The zero-order valence-corrected chi connectivity index (χ0v) is 13.1. The van der Waals surface area contributed by atoms with Crippen LogP contribution in [-0.2, 0) is 0 Å². The van der Waals surface area contributed by atoms with Crippen molar-refractivity contribution in [3.63, 3.8) is 0 Å². The summed E-state index contributed by atoms with van der Waals surface area (Å²) in [6.07, 6.45) is 1.82. The number of hydrogen-bond donors (Lipinski definition) is 1. The van der Waals surface area contributed by atoms with Gasteiger partial charge < -0.3 is 10.2 Å². The number of rotatable bonds is 7. The van der Waals surface area contributed by atoms with E-state index in [4.69, 9.17) is 0 Å². The van der Waals surface area contributed by atoms with E-state index in [9.17, 15) is 8.78 Å². The Bertz CT molecular complexity index is 434. The number of hydrogen-bond acceptors (Lipinski definition) is 2. The van der Waals surface area contributed by atoms with Gasteiger partial charge in [-0.15, -0.1) is 0 Å². The minimum atomic E-state index is -0.538. The summed E-state index contributed by atoms with van der Waals surface area (Å²) in [5, 5.41) is 3.41. The van der Waals surface area contributed by atoms with Crippen molar-refractivity contribution in [3.05, 3.63) is 35.4 Å². The maximum atomic E-state index is 14.2. The van der Waals surface area contributed by atoms with Gasteiger partial charge in [0.05, 0.1) is 6.04 Å². The molecule has 0 aliphatic heterocycles. The highest BCUT2D eigenvalue weighted by Crippen LogP contribution is 2.34. The van der Waals surface area contributed by atoms with Crippen LogP contribution in [0.3, 0.4) is 0 Å². The predicted octanol–water partition coefficient (Wildman–Crippen LogP) is 3.74. The molecule has 0 aliphatic rings. The predicted molar refractivity (Wildman–Crippen MR) is 79.8 cm³/mol. The number of nitrogens with zero attached hydrogens (tertiary/aromatic N) is 1. The summed E-state index contributed by atoms with van der Waals surface area (Å²) < 4.78 is 27.3. The van der Waals surface area contributed by atoms with Crippen LogP contribution in [0.1, 0.15) is 45.2 Å². The van der Waals surface area contributed by atoms with Crippen molar-refractivity contribution >= 4 is 0 Å². The minimum absolute atomic E-state index is 0.178. The second-order valence-corrected chi connectivity index (χ2v) is 5.66. The lowest BCUT2D eigenvalue weighted by Crippen LogP contribution is -2.51. The van der Waals surface area contributed by atoms with Crippen LogP contribution in [0.4, 0.5) is 8.78 Å². The Morgan fingerprint density at radius 2 is 1.90 bits per heavy atom. The van der Waals surface area contributed by atoms with Crippen molar-refractivity contribution in [3.8, 4) is 0 Å². The van der Waals surface area contributed by atoms with E-state index in [1.165, 1.54) is 6.07 Å². The van der Waals surface area contributed by atoms with Crippen molar-refractivity contribution in [1.29, 1.82) is 0 Å².